The molecule has 1 aromatic rings. The van der Waals surface area contributed by atoms with Crippen LogP contribution >= 0.6 is 0 Å². The Labute approximate surface area is 152 Å². The Morgan fingerprint density at radius 2 is 1.77 bits per heavy atom. The number of aliphatic hydroxyl groups excluding tert-OH is 1. The largest absolute Gasteiger partial charge is 0.504 e. The average molecular weight is 367 g/mol. The highest BCUT2D eigenvalue weighted by molar-refractivity contribution is 5.81. The van der Waals surface area contributed by atoms with Crippen molar-refractivity contribution < 1.29 is 34.4 Å². The lowest BCUT2D eigenvalue weighted by atomic mass is 10.1. The Morgan fingerprint density at radius 3 is 2.38 bits per heavy atom. The average Bonchev–Trinajstić information content (AvgIpc) is 2.60. The Kier molecular flexibility index (Phi) is 9.14. The summed E-state index contributed by atoms with van der Waals surface area (Å²) in [4.78, 5) is 35.9. The minimum atomic E-state index is -0.504. The lowest BCUT2D eigenvalue weighted by Gasteiger charge is -2.21. The predicted molar refractivity (Wildman–Crippen MR) is 92.6 cm³/mol. The molecule has 1 rings (SSSR count). The van der Waals surface area contributed by atoms with Crippen molar-refractivity contribution in [2.45, 2.75) is 32.6 Å². The third kappa shape index (κ3) is 7.98. The zero-order valence-corrected chi connectivity index (χ0v) is 14.8. The Hall–Kier alpha value is -2.61. The molecule has 0 saturated heterocycles. The topological polar surface area (TPSA) is 124 Å². The van der Waals surface area contributed by atoms with Gasteiger partial charge in [-0.2, -0.15) is 0 Å². The first-order valence-electron chi connectivity index (χ1n) is 8.38. The molecule has 0 aliphatic carbocycles. The van der Waals surface area contributed by atoms with Gasteiger partial charge in [0.15, 0.2) is 11.5 Å². The van der Waals surface area contributed by atoms with E-state index in [0.717, 1.165) is 0 Å². The molecule has 144 valence electrons. The summed E-state index contributed by atoms with van der Waals surface area (Å²) in [5.41, 5.74) is 0.688. The first-order valence-corrected chi connectivity index (χ1v) is 8.38. The van der Waals surface area contributed by atoms with Crippen LogP contribution in [0.1, 0.15) is 31.7 Å². The van der Waals surface area contributed by atoms with Gasteiger partial charge in [0.1, 0.15) is 12.4 Å². The van der Waals surface area contributed by atoms with Crippen molar-refractivity contribution in [2.24, 2.45) is 0 Å². The maximum Gasteiger partial charge on any atom is 0.306 e. The minimum Gasteiger partial charge on any atom is -0.504 e. The molecule has 0 aliphatic heterocycles. The fraction of sp³-hybridized carbons (Fsp3) is 0.500. The van der Waals surface area contributed by atoms with Crippen LogP contribution < -0.4 is 0 Å². The van der Waals surface area contributed by atoms with Crippen molar-refractivity contribution >= 4 is 17.7 Å². The summed E-state index contributed by atoms with van der Waals surface area (Å²) in [5, 5.41) is 27.8. The molecule has 0 bridgehead atoms. The lowest BCUT2D eigenvalue weighted by Crippen LogP contribution is -2.36. The molecule has 8 heteroatoms. The van der Waals surface area contributed by atoms with Gasteiger partial charge < -0.3 is 29.8 Å². The van der Waals surface area contributed by atoms with Gasteiger partial charge in [-0.3, -0.25) is 9.59 Å². The number of aliphatic hydroxyl groups is 1. The number of Topliss-reactive ketones (excluding diaryl/α,β-unsaturated/α-hetero) is 1. The van der Waals surface area contributed by atoms with Crippen molar-refractivity contribution in [1.29, 1.82) is 0 Å². The van der Waals surface area contributed by atoms with Crippen LogP contribution in [-0.4, -0.2) is 64.2 Å². The highest BCUT2D eigenvalue weighted by Gasteiger charge is 2.14. The molecule has 0 spiro atoms. The van der Waals surface area contributed by atoms with Gasteiger partial charge in [-0.05, 0) is 31.0 Å². The van der Waals surface area contributed by atoms with Gasteiger partial charge >= 0.3 is 5.97 Å². The van der Waals surface area contributed by atoms with Gasteiger partial charge in [-0.1, -0.05) is 6.07 Å². The Morgan fingerprint density at radius 1 is 1.04 bits per heavy atom. The summed E-state index contributed by atoms with van der Waals surface area (Å²) in [6, 6.07) is 4.34. The Bertz CT molecular complexity index is 630. The van der Waals surface area contributed by atoms with Crippen LogP contribution in [-0.2, 0) is 25.5 Å². The number of phenols is 2. The summed E-state index contributed by atoms with van der Waals surface area (Å²) in [6.45, 7) is 1.42. The summed E-state index contributed by atoms with van der Waals surface area (Å²) in [7, 11) is 0. The van der Waals surface area contributed by atoms with Crippen LogP contribution in [0.25, 0.3) is 0 Å². The van der Waals surface area contributed by atoms with Gasteiger partial charge in [0.05, 0.1) is 19.6 Å². The van der Waals surface area contributed by atoms with E-state index in [2.05, 4.69) is 0 Å². The number of benzene rings is 1. The highest BCUT2D eigenvalue weighted by atomic mass is 16.5. The molecule has 1 aromatic carbocycles. The summed E-state index contributed by atoms with van der Waals surface area (Å²) in [5.74, 6) is -1.31. The van der Waals surface area contributed by atoms with Gasteiger partial charge in [0.2, 0.25) is 5.91 Å². The van der Waals surface area contributed by atoms with Crippen molar-refractivity contribution in [3.8, 4) is 11.5 Å². The summed E-state index contributed by atoms with van der Waals surface area (Å²) >= 11 is 0. The van der Waals surface area contributed by atoms with Crippen molar-refractivity contribution in [1.82, 2.24) is 4.90 Å². The lowest BCUT2D eigenvalue weighted by molar-refractivity contribution is -0.146. The molecule has 8 nitrogen and oxygen atoms in total. The zero-order chi connectivity index (χ0) is 19.5. The molecule has 0 aliphatic rings. The molecule has 0 fully saturated rings. The number of ether oxygens (including phenoxy) is 1. The number of carbonyl (C=O) groups is 3. The zero-order valence-electron chi connectivity index (χ0n) is 14.8. The maximum absolute atomic E-state index is 12.3. The number of carbonyl (C=O) groups excluding carboxylic acids is 3. The van der Waals surface area contributed by atoms with E-state index in [1.807, 2.05) is 0 Å². The summed E-state index contributed by atoms with van der Waals surface area (Å²) < 4.78 is 4.98. The molecule has 0 radical (unpaired) electrons. The number of esters is 1. The molecule has 0 unspecified atom stereocenters. The number of phenolic OH excluding ortho intramolecular Hbond substituents is 2. The summed E-state index contributed by atoms with van der Waals surface area (Å²) in [6.07, 6.45) is 0.626. The third-order valence-corrected chi connectivity index (χ3v) is 3.70. The first kappa shape index (κ1) is 21.4. The second kappa shape index (κ2) is 11.1. The molecule has 0 atom stereocenters. The highest BCUT2D eigenvalue weighted by Crippen LogP contribution is 2.25. The second-order valence-corrected chi connectivity index (χ2v) is 5.85. The minimum absolute atomic E-state index is 0.00756. The van der Waals surface area contributed by atoms with Crippen molar-refractivity contribution in [3.05, 3.63) is 23.8 Å². The monoisotopic (exact) mass is 367 g/mol. The van der Waals surface area contributed by atoms with Crippen LogP contribution in [0, 0.1) is 0 Å². The van der Waals surface area contributed by atoms with E-state index in [1.165, 1.54) is 24.0 Å². The van der Waals surface area contributed by atoms with E-state index in [4.69, 9.17) is 9.84 Å². The fourth-order valence-electron chi connectivity index (χ4n) is 2.24. The van der Waals surface area contributed by atoms with E-state index in [0.29, 0.717) is 12.0 Å². The number of rotatable bonds is 11. The number of aryl methyl sites for hydroxylation is 1. The predicted octanol–water partition coefficient (Wildman–Crippen LogP) is 0.764. The van der Waals surface area contributed by atoms with E-state index < -0.39 is 5.97 Å². The Balaban J connectivity index is 2.44. The van der Waals surface area contributed by atoms with Gasteiger partial charge in [0, 0.05) is 19.4 Å². The van der Waals surface area contributed by atoms with Gasteiger partial charge in [-0.25, -0.2) is 0 Å². The number of ketones is 1. The van der Waals surface area contributed by atoms with Crippen molar-refractivity contribution in [3.63, 3.8) is 0 Å². The number of hydrogen-bond donors (Lipinski definition) is 3. The first-order chi connectivity index (χ1) is 12.3. The van der Waals surface area contributed by atoms with Crippen LogP contribution in [0.4, 0.5) is 0 Å². The molecular weight excluding hydrogens is 342 g/mol. The van der Waals surface area contributed by atoms with Gasteiger partial charge in [0.25, 0.3) is 0 Å². The molecule has 26 heavy (non-hydrogen) atoms. The van der Waals surface area contributed by atoms with Crippen LogP contribution in [0.5, 0.6) is 11.5 Å². The normalized spacial score (nSPS) is 10.4. The molecular formula is C18H25NO7. The number of aromatic hydroxyl groups is 2. The standard InChI is InChI=1S/C18H25NO7/c1-13(21)2-7-18(25)26-11-9-19(8-10-20)17(24)6-4-14-3-5-15(22)16(23)12-14/h3,5,12,20,22-23H,2,4,6-11H2,1H3. The van der Waals surface area contributed by atoms with Crippen molar-refractivity contribution in [2.75, 3.05) is 26.3 Å². The van der Waals surface area contributed by atoms with E-state index in [-0.39, 0.29) is 68.8 Å². The maximum atomic E-state index is 12.3. The van der Waals surface area contributed by atoms with E-state index in [9.17, 15) is 24.6 Å². The second-order valence-electron chi connectivity index (χ2n) is 5.85. The van der Waals surface area contributed by atoms with E-state index >= 15 is 0 Å². The molecule has 1 amide bonds. The number of nitrogens with zero attached hydrogens (tertiary/aromatic N) is 1. The van der Waals surface area contributed by atoms with Crippen LogP contribution in [0.3, 0.4) is 0 Å². The number of hydrogen-bond acceptors (Lipinski definition) is 7. The number of amides is 1. The van der Waals surface area contributed by atoms with Crippen LogP contribution in [0.2, 0.25) is 0 Å². The molecule has 0 saturated carbocycles. The molecule has 3 N–H and O–H groups in total. The van der Waals surface area contributed by atoms with Gasteiger partial charge in [-0.15, -0.1) is 0 Å². The molecule has 0 aromatic heterocycles. The third-order valence-electron chi connectivity index (χ3n) is 3.70. The van der Waals surface area contributed by atoms with Crippen LogP contribution in [0.15, 0.2) is 18.2 Å². The SMILES string of the molecule is CC(=O)CCC(=O)OCCN(CCO)C(=O)CCc1ccc(O)c(O)c1. The smallest absolute Gasteiger partial charge is 0.306 e. The molecule has 0 heterocycles. The van der Waals surface area contributed by atoms with E-state index in [1.54, 1.807) is 6.07 Å². The quantitative estimate of drug-likeness (QED) is 0.390. The fourth-order valence-corrected chi connectivity index (χ4v) is 2.24.